The summed E-state index contributed by atoms with van der Waals surface area (Å²) in [5, 5.41) is 9.20. The monoisotopic (exact) mass is 199 g/mol. The van der Waals surface area contributed by atoms with Crippen LogP contribution in [0.1, 0.15) is 25.7 Å². The first-order valence-electron chi connectivity index (χ1n) is 5.22. The van der Waals surface area contributed by atoms with Crippen molar-refractivity contribution in [3.8, 4) is 0 Å². The predicted molar refractivity (Wildman–Crippen MR) is 51.2 cm³/mol. The Morgan fingerprint density at radius 1 is 1.57 bits per heavy atom. The molecule has 0 spiro atoms. The van der Waals surface area contributed by atoms with Gasteiger partial charge in [0.25, 0.3) is 0 Å². The van der Waals surface area contributed by atoms with Crippen LogP contribution in [0.25, 0.3) is 0 Å². The maximum atomic E-state index is 11.2. The summed E-state index contributed by atoms with van der Waals surface area (Å²) in [7, 11) is 1.94. The summed E-state index contributed by atoms with van der Waals surface area (Å²) in [4.78, 5) is 13.2. The van der Waals surface area contributed by atoms with Gasteiger partial charge >= 0.3 is 5.97 Å². The molecule has 2 rings (SSSR count). The van der Waals surface area contributed by atoms with Crippen molar-refractivity contribution in [2.45, 2.75) is 37.4 Å². The molecule has 80 valence electrons. The fraction of sp³-hybridized carbons (Fsp3) is 0.900. The SMILES string of the molecule is CN1CCC(OC2CCC2)(C(=O)O)C1. The zero-order valence-electron chi connectivity index (χ0n) is 8.53. The molecule has 1 heterocycles. The Labute approximate surface area is 83.8 Å². The lowest BCUT2D eigenvalue weighted by molar-refractivity contribution is -0.177. The van der Waals surface area contributed by atoms with E-state index in [2.05, 4.69) is 0 Å². The summed E-state index contributed by atoms with van der Waals surface area (Å²) >= 11 is 0. The van der Waals surface area contributed by atoms with E-state index in [1.165, 1.54) is 6.42 Å². The van der Waals surface area contributed by atoms with Gasteiger partial charge in [-0.3, -0.25) is 0 Å². The van der Waals surface area contributed by atoms with Crippen molar-refractivity contribution in [1.82, 2.24) is 4.90 Å². The number of carbonyl (C=O) groups is 1. The normalized spacial score (nSPS) is 34.4. The molecule has 4 nitrogen and oxygen atoms in total. The quantitative estimate of drug-likeness (QED) is 0.727. The Morgan fingerprint density at radius 2 is 2.29 bits per heavy atom. The van der Waals surface area contributed by atoms with Crippen LogP contribution >= 0.6 is 0 Å². The molecule has 0 aromatic rings. The van der Waals surface area contributed by atoms with Crippen LogP contribution in [0.2, 0.25) is 0 Å². The van der Waals surface area contributed by atoms with Crippen molar-refractivity contribution in [2.24, 2.45) is 0 Å². The Morgan fingerprint density at radius 3 is 2.64 bits per heavy atom. The number of nitrogens with zero attached hydrogens (tertiary/aromatic N) is 1. The van der Waals surface area contributed by atoms with Gasteiger partial charge in [0.15, 0.2) is 5.60 Å². The maximum absolute atomic E-state index is 11.2. The second kappa shape index (κ2) is 3.51. The predicted octanol–water partition coefficient (Wildman–Crippen LogP) is 0.714. The first-order chi connectivity index (χ1) is 6.62. The third-order valence-electron chi connectivity index (χ3n) is 3.26. The summed E-state index contributed by atoms with van der Waals surface area (Å²) in [6.45, 7) is 1.35. The molecule has 1 saturated carbocycles. The van der Waals surface area contributed by atoms with Crippen LogP contribution in [0, 0.1) is 0 Å². The van der Waals surface area contributed by atoms with Crippen molar-refractivity contribution in [2.75, 3.05) is 20.1 Å². The molecule has 0 amide bonds. The second-order valence-corrected chi connectivity index (χ2v) is 4.46. The number of likely N-dealkylation sites (N-methyl/N-ethyl adjacent to an activating group) is 1. The van der Waals surface area contributed by atoms with Gasteiger partial charge in [0.2, 0.25) is 0 Å². The van der Waals surface area contributed by atoms with Gasteiger partial charge in [0.1, 0.15) is 0 Å². The second-order valence-electron chi connectivity index (χ2n) is 4.46. The zero-order chi connectivity index (χ0) is 10.2. The van der Waals surface area contributed by atoms with Crippen molar-refractivity contribution < 1.29 is 14.6 Å². The highest BCUT2D eigenvalue weighted by atomic mass is 16.5. The molecule has 4 heteroatoms. The van der Waals surface area contributed by atoms with Gasteiger partial charge in [-0.05, 0) is 26.3 Å². The van der Waals surface area contributed by atoms with E-state index in [0.717, 1.165) is 19.4 Å². The van der Waals surface area contributed by atoms with Gasteiger partial charge in [-0.2, -0.15) is 0 Å². The van der Waals surface area contributed by atoms with E-state index in [-0.39, 0.29) is 6.10 Å². The van der Waals surface area contributed by atoms with Crippen molar-refractivity contribution in [1.29, 1.82) is 0 Å². The van der Waals surface area contributed by atoms with E-state index in [0.29, 0.717) is 13.0 Å². The van der Waals surface area contributed by atoms with E-state index >= 15 is 0 Å². The van der Waals surface area contributed by atoms with E-state index in [1.54, 1.807) is 0 Å². The van der Waals surface area contributed by atoms with Crippen molar-refractivity contribution >= 4 is 5.97 Å². The molecule has 0 bridgehead atoms. The largest absolute Gasteiger partial charge is 0.479 e. The third kappa shape index (κ3) is 1.64. The number of ether oxygens (including phenoxy) is 1. The lowest BCUT2D eigenvalue weighted by Gasteiger charge is -2.34. The lowest BCUT2D eigenvalue weighted by Crippen LogP contribution is -2.47. The van der Waals surface area contributed by atoms with Crippen LogP contribution in [0.5, 0.6) is 0 Å². The van der Waals surface area contributed by atoms with E-state index in [4.69, 9.17) is 4.74 Å². The highest BCUT2D eigenvalue weighted by Crippen LogP contribution is 2.32. The summed E-state index contributed by atoms with van der Waals surface area (Å²) < 4.78 is 5.73. The third-order valence-corrected chi connectivity index (χ3v) is 3.26. The number of carboxylic acid groups (broad SMARTS) is 1. The van der Waals surface area contributed by atoms with Crippen molar-refractivity contribution in [3.05, 3.63) is 0 Å². The van der Waals surface area contributed by atoms with Gasteiger partial charge < -0.3 is 14.7 Å². The van der Waals surface area contributed by atoms with Crippen LogP contribution in [0.15, 0.2) is 0 Å². The molecule has 1 aliphatic heterocycles. The maximum Gasteiger partial charge on any atom is 0.337 e. The average Bonchev–Trinajstić information content (AvgIpc) is 2.42. The van der Waals surface area contributed by atoms with Crippen LogP contribution < -0.4 is 0 Å². The van der Waals surface area contributed by atoms with Crippen LogP contribution in [0.3, 0.4) is 0 Å². The van der Waals surface area contributed by atoms with Gasteiger partial charge in [-0.25, -0.2) is 4.79 Å². The van der Waals surface area contributed by atoms with Crippen LogP contribution in [0.4, 0.5) is 0 Å². The molecular weight excluding hydrogens is 182 g/mol. The minimum Gasteiger partial charge on any atom is -0.479 e. The molecule has 0 aromatic carbocycles. The number of hydrogen-bond acceptors (Lipinski definition) is 3. The first-order valence-corrected chi connectivity index (χ1v) is 5.22. The summed E-state index contributed by atoms with van der Waals surface area (Å²) in [6.07, 6.45) is 4.04. The van der Waals surface area contributed by atoms with Gasteiger partial charge in [-0.15, -0.1) is 0 Å². The van der Waals surface area contributed by atoms with E-state index < -0.39 is 11.6 Å². The van der Waals surface area contributed by atoms with Gasteiger partial charge in [-0.1, -0.05) is 0 Å². The molecule has 14 heavy (non-hydrogen) atoms. The summed E-state index contributed by atoms with van der Waals surface area (Å²) in [5.74, 6) is -0.797. The molecule has 2 fully saturated rings. The molecule has 1 atom stereocenters. The number of rotatable bonds is 3. The van der Waals surface area contributed by atoms with E-state index in [9.17, 15) is 9.90 Å². The highest BCUT2D eigenvalue weighted by molar-refractivity contribution is 5.78. The first kappa shape index (κ1) is 9.93. The number of likely N-dealkylation sites (tertiary alicyclic amines) is 1. The standard InChI is InChI=1S/C10H17NO3/c1-11-6-5-10(7-11,9(12)13)14-8-3-2-4-8/h8H,2-7H2,1H3,(H,12,13). The average molecular weight is 199 g/mol. The van der Waals surface area contributed by atoms with Crippen LogP contribution in [-0.2, 0) is 9.53 Å². The molecule has 1 aliphatic carbocycles. The Bertz CT molecular complexity index is 240. The lowest BCUT2D eigenvalue weighted by atomic mass is 9.94. The number of aliphatic carboxylic acids is 1. The Hall–Kier alpha value is -0.610. The molecule has 1 saturated heterocycles. The van der Waals surface area contributed by atoms with Crippen molar-refractivity contribution in [3.63, 3.8) is 0 Å². The molecule has 2 aliphatic rings. The van der Waals surface area contributed by atoms with E-state index in [1.807, 2.05) is 11.9 Å². The fourth-order valence-electron chi connectivity index (χ4n) is 2.09. The van der Waals surface area contributed by atoms with Gasteiger partial charge in [0, 0.05) is 19.5 Å². The molecule has 1 N–H and O–H groups in total. The molecule has 0 aromatic heterocycles. The van der Waals surface area contributed by atoms with Gasteiger partial charge in [0.05, 0.1) is 6.10 Å². The molecule has 1 unspecified atom stereocenters. The topological polar surface area (TPSA) is 49.8 Å². The fourth-order valence-corrected chi connectivity index (χ4v) is 2.09. The minimum atomic E-state index is -0.917. The summed E-state index contributed by atoms with van der Waals surface area (Å²) in [5.41, 5.74) is -0.917. The van der Waals surface area contributed by atoms with Crippen LogP contribution in [-0.4, -0.2) is 47.8 Å². The molecular formula is C10H17NO3. The Kier molecular flexibility index (Phi) is 2.49. The smallest absolute Gasteiger partial charge is 0.337 e. The zero-order valence-corrected chi connectivity index (χ0v) is 8.53. The molecule has 0 radical (unpaired) electrons. The number of carboxylic acids is 1. The minimum absolute atomic E-state index is 0.192. The Balaban J connectivity index is 2.02. The number of hydrogen-bond donors (Lipinski definition) is 1. The summed E-state index contributed by atoms with van der Waals surface area (Å²) in [6, 6.07) is 0. The highest BCUT2D eigenvalue weighted by Gasteiger charge is 2.47.